The van der Waals surface area contributed by atoms with Crippen molar-refractivity contribution in [1.29, 1.82) is 5.26 Å². The van der Waals surface area contributed by atoms with E-state index in [0.29, 0.717) is 12.2 Å². The summed E-state index contributed by atoms with van der Waals surface area (Å²) in [6.07, 6.45) is 4.05. The van der Waals surface area contributed by atoms with Gasteiger partial charge in [0.15, 0.2) is 0 Å². The van der Waals surface area contributed by atoms with E-state index in [2.05, 4.69) is 16.1 Å². The fourth-order valence-corrected chi connectivity index (χ4v) is 2.82. The molecule has 0 amide bonds. The van der Waals surface area contributed by atoms with E-state index in [0.717, 1.165) is 44.1 Å². The number of aryl methyl sites for hydroxylation is 1. The largest absolute Gasteiger partial charge is 0.492 e. The van der Waals surface area contributed by atoms with Gasteiger partial charge in [-0.2, -0.15) is 10.4 Å². The Hall–Kier alpha value is -2.36. The number of hydrogen-bond acceptors (Lipinski definition) is 5. The molecule has 1 aromatic carbocycles. The summed E-state index contributed by atoms with van der Waals surface area (Å²) < 4.78 is 13.5. The quantitative estimate of drug-likeness (QED) is 0.810. The van der Waals surface area contributed by atoms with Gasteiger partial charge in [-0.15, -0.1) is 0 Å². The lowest BCUT2D eigenvalue weighted by Gasteiger charge is -2.32. The van der Waals surface area contributed by atoms with Crippen molar-refractivity contribution in [1.82, 2.24) is 14.7 Å². The Labute approximate surface area is 142 Å². The average Bonchev–Trinajstić information content (AvgIpc) is 3.00. The van der Waals surface area contributed by atoms with Crippen molar-refractivity contribution in [2.24, 2.45) is 0 Å². The first-order valence-corrected chi connectivity index (χ1v) is 8.19. The summed E-state index contributed by atoms with van der Waals surface area (Å²) in [6, 6.07) is 9.38. The number of rotatable bonds is 6. The summed E-state index contributed by atoms with van der Waals surface area (Å²) in [5.41, 5.74) is 1.78. The Morgan fingerprint density at radius 1 is 1.46 bits per heavy atom. The number of benzene rings is 1. The van der Waals surface area contributed by atoms with Crippen LogP contribution in [0, 0.1) is 18.3 Å². The second-order valence-corrected chi connectivity index (χ2v) is 6.02. The zero-order valence-corrected chi connectivity index (χ0v) is 13.9. The maximum atomic E-state index is 8.91. The molecule has 126 valence electrons. The minimum Gasteiger partial charge on any atom is -0.492 e. The van der Waals surface area contributed by atoms with Crippen molar-refractivity contribution in [3.8, 4) is 11.8 Å². The standard InChI is InChI=1S/C18H22N4O2/c1-15-11-20-22(12-15)14-18-13-21(6-8-24-18)5-7-23-17-4-2-3-16(9-17)10-19/h2-4,9,11-12,18H,5-8,13-14H2,1H3/t18-/m1/s1. The van der Waals surface area contributed by atoms with Crippen molar-refractivity contribution in [2.75, 3.05) is 32.8 Å². The molecule has 0 bridgehead atoms. The van der Waals surface area contributed by atoms with E-state index in [9.17, 15) is 0 Å². The zero-order valence-electron chi connectivity index (χ0n) is 13.9. The third-order valence-corrected chi connectivity index (χ3v) is 4.02. The Morgan fingerprint density at radius 3 is 3.17 bits per heavy atom. The zero-order chi connectivity index (χ0) is 16.8. The minimum atomic E-state index is 0.153. The number of nitriles is 1. The highest BCUT2D eigenvalue weighted by Crippen LogP contribution is 2.13. The van der Waals surface area contributed by atoms with Gasteiger partial charge in [-0.1, -0.05) is 6.07 Å². The van der Waals surface area contributed by atoms with Crippen LogP contribution < -0.4 is 4.74 Å². The van der Waals surface area contributed by atoms with Crippen LogP contribution in [0.15, 0.2) is 36.7 Å². The van der Waals surface area contributed by atoms with Gasteiger partial charge in [0.05, 0.1) is 37.1 Å². The van der Waals surface area contributed by atoms with E-state index in [4.69, 9.17) is 14.7 Å². The predicted molar refractivity (Wildman–Crippen MR) is 89.8 cm³/mol. The normalized spacial score (nSPS) is 18.2. The summed E-state index contributed by atoms with van der Waals surface area (Å²) in [6.45, 7) is 6.77. The molecule has 0 radical (unpaired) electrons. The van der Waals surface area contributed by atoms with E-state index in [1.165, 1.54) is 0 Å². The van der Waals surface area contributed by atoms with Gasteiger partial charge < -0.3 is 9.47 Å². The van der Waals surface area contributed by atoms with Crippen molar-refractivity contribution in [3.63, 3.8) is 0 Å². The fraction of sp³-hybridized carbons (Fsp3) is 0.444. The molecule has 0 unspecified atom stereocenters. The van der Waals surface area contributed by atoms with Gasteiger partial charge in [0.2, 0.25) is 0 Å². The molecule has 1 atom stereocenters. The van der Waals surface area contributed by atoms with Crippen LogP contribution >= 0.6 is 0 Å². The second kappa shape index (κ2) is 7.95. The van der Waals surface area contributed by atoms with Crippen molar-refractivity contribution in [2.45, 2.75) is 19.6 Å². The predicted octanol–water partition coefficient (Wildman–Crippen LogP) is 1.84. The summed E-state index contributed by atoms with van der Waals surface area (Å²) in [5.74, 6) is 0.742. The molecule has 0 saturated carbocycles. The maximum Gasteiger partial charge on any atom is 0.120 e. The van der Waals surface area contributed by atoms with E-state index < -0.39 is 0 Å². The van der Waals surface area contributed by atoms with Crippen LogP contribution in [-0.4, -0.2) is 53.6 Å². The van der Waals surface area contributed by atoms with Crippen LogP contribution in [0.4, 0.5) is 0 Å². The molecule has 3 rings (SSSR count). The molecule has 1 fully saturated rings. The Kier molecular flexibility index (Phi) is 5.47. The van der Waals surface area contributed by atoms with Gasteiger partial charge in [0, 0.05) is 25.8 Å². The van der Waals surface area contributed by atoms with Crippen LogP contribution in [0.5, 0.6) is 5.75 Å². The van der Waals surface area contributed by atoms with Crippen LogP contribution in [-0.2, 0) is 11.3 Å². The molecule has 1 saturated heterocycles. The molecule has 1 aliphatic heterocycles. The third kappa shape index (κ3) is 4.57. The van der Waals surface area contributed by atoms with Gasteiger partial charge in [-0.3, -0.25) is 9.58 Å². The van der Waals surface area contributed by atoms with Crippen molar-refractivity contribution < 1.29 is 9.47 Å². The van der Waals surface area contributed by atoms with Crippen molar-refractivity contribution in [3.05, 3.63) is 47.8 Å². The van der Waals surface area contributed by atoms with Gasteiger partial charge in [0.25, 0.3) is 0 Å². The number of morpholine rings is 1. The molecule has 6 heteroatoms. The highest BCUT2D eigenvalue weighted by Gasteiger charge is 2.21. The highest BCUT2D eigenvalue weighted by molar-refractivity contribution is 5.36. The maximum absolute atomic E-state index is 8.91. The van der Waals surface area contributed by atoms with Gasteiger partial charge in [-0.25, -0.2) is 0 Å². The summed E-state index contributed by atoms with van der Waals surface area (Å²) in [7, 11) is 0. The van der Waals surface area contributed by atoms with E-state index in [1.807, 2.05) is 36.1 Å². The smallest absolute Gasteiger partial charge is 0.120 e. The molecular weight excluding hydrogens is 304 g/mol. The molecule has 1 aromatic heterocycles. The van der Waals surface area contributed by atoms with E-state index in [-0.39, 0.29) is 6.10 Å². The lowest BCUT2D eigenvalue weighted by molar-refractivity contribution is -0.0400. The Bertz CT molecular complexity index is 707. The molecule has 0 N–H and O–H groups in total. The van der Waals surface area contributed by atoms with Crippen molar-refractivity contribution >= 4 is 0 Å². The number of nitrogens with zero attached hydrogens (tertiary/aromatic N) is 4. The molecule has 1 aliphatic rings. The van der Waals surface area contributed by atoms with E-state index >= 15 is 0 Å². The summed E-state index contributed by atoms with van der Waals surface area (Å²) >= 11 is 0. The molecule has 2 aromatic rings. The van der Waals surface area contributed by atoms with Gasteiger partial charge >= 0.3 is 0 Å². The third-order valence-electron chi connectivity index (χ3n) is 4.02. The summed E-state index contributed by atoms with van der Waals surface area (Å²) in [4.78, 5) is 2.35. The Balaban J connectivity index is 1.44. The minimum absolute atomic E-state index is 0.153. The SMILES string of the molecule is Cc1cnn(C[C@H]2CN(CCOc3cccc(C#N)c3)CCO2)c1. The molecule has 6 nitrogen and oxygen atoms in total. The number of hydrogen-bond donors (Lipinski definition) is 0. The molecule has 2 heterocycles. The van der Waals surface area contributed by atoms with Crippen LogP contribution in [0.3, 0.4) is 0 Å². The van der Waals surface area contributed by atoms with Gasteiger partial charge in [-0.05, 0) is 30.7 Å². The molecule has 24 heavy (non-hydrogen) atoms. The molecular formula is C18H22N4O2. The first-order chi connectivity index (χ1) is 11.7. The summed E-state index contributed by atoms with van der Waals surface area (Å²) in [5, 5.41) is 13.2. The molecule has 0 spiro atoms. The lowest BCUT2D eigenvalue weighted by Crippen LogP contribution is -2.45. The monoisotopic (exact) mass is 326 g/mol. The number of ether oxygens (including phenoxy) is 2. The van der Waals surface area contributed by atoms with E-state index in [1.54, 1.807) is 12.1 Å². The fourth-order valence-electron chi connectivity index (χ4n) is 2.82. The average molecular weight is 326 g/mol. The second-order valence-electron chi connectivity index (χ2n) is 6.02. The lowest BCUT2D eigenvalue weighted by atomic mass is 10.2. The van der Waals surface area contributed by atoms with Gasteiger partial charge in [0.1, 0.15) is 12.4 Å². The Morgan fingerprint density at radius 2 is 2.38 bits per heavy atom. The highest BCUT2D eigenvalue weighted by atomic mass is 16.5. The number of aromatic nitrogens is 2. The van der Waals surface area contributed by atoms with Crippen LogP contribution in [0.2, 0.25) is 0 Å². The first-order valence-electron chi connectivity index (χ1n) is 8.19. The molecule has 0 aliphatic carbocycles. The topological polar surface area (TPSA) is 63.3 Å². The van der Waals surface area contributed by atoms with Crippen LogP contribution in [0.1, 0.15) is 11.1 Å². The first kappa shape index (κ1) is 16.5. The van der Waals surface area contributed by atoms with Crippen LogP contribution in [0.25, 0.3) is 0 Å².